The van der Waals surface area contributed by atoms with Crippen LogP contribution in [0.15, 0.2) is 84.2 Å². The zero-order chi connectivity index (χ0) is 25.3. The smallest absolute Gasteiger partial charge is 0.244 e. The van der Waals surface area contributed by atoms with Gasteiger partial charge in [0.05, 0.1) is 17.1 Å². The molecule has 1 amide bonds. The molecule has 5 rings (SSSR count). The molecule has 0 aliphatic carbocycles. The number of pyridine rings is 1. The Balaban J connectivity index is 1.51. The summed E-state index contributed by atoms with van der Waals surface area (Å²) >= 11 is 0. The number of hydrogen-bond acceptors (Lipinski definition) is 6. The van der Waals surface area contributed by atoms with Crippen LogP contribution in [0.4, 0.5) is 0 Å². The highest BCUT2D eigenvalue weighted by molar-refractivity contribution is 7.89. The molecule has 8 nitrogen and oxygen atoms in total. The molecule has 9 heteroatoms. The maximum atomic E-state index is 14.1. The van der Waals surface area contributed by atoms with Gasteiger partial charge in [0.1, 0.15) is 6.04 Å². The Morgan fingerprint density at radius 1 is 1.00 bits per heavy atom. The highest BCUT2D eigenvalue weighted by Gasteiger charge is 2.50. The largest absolute Gasteiger partial charge is 0.335 e. The average Bonchev–Trinajstić information content (AvgIpc) is 2.97. The van der Waals surface area contributed by atoms with E-state index in [0.29, 0.717) is 31.8 Å². The van der Waals surface area contributed by atoms with Crippen LogP contribution in [0.5, 0.6) is 0 Å². The molecule has 3 atom stereocenters. The number of aromatic nitrogens is 3. The van der Waals surface area contributed by atoms with Gasteiger partial charge in [-0.05, 0) is 68.7 Å². The van der Waals surface area contributed by atoms with Gasteiger partial charge in [-0.1, -0.05) is 18.2 Å². The Hall–Kier alpha value is -3.43. The molecule has 186 valence electrons. The third-order valence-electron chi connectivity index (χ3n) is 7.06. The number of benzene rings is 1. The molecule has 2 bridgehead atoms. The molecule has 1 aromatic carbocycles. The highest BCUT2D eigenvalue weighted by Crippen LogP contribution is 2.39. The molecule has 2 aliphatic heterocycles. The average molecular weight is 504 g/mol. The Bertz CT molecular complexity index is 1350. The van der Waals surface area contributed by atoms with Gasteiger partial charge in [-0.2, -0.15) is 4.31 Å². The van der Waals surface area contributed by atoms with Crippen molar-refractivity contribution in [1.29, 1.82) is 0 Å². The fraction of sp³-hybridized carbons (Fsp3) is 0.333. The van der Waals surface area contributed by atoms with Crippen LogP contribution in [-0.2, 0) is 21.4 Å². The number of hydrogen-bond donors (Lipinski definition) is 0. The van der Waals surface area contributed by atoms with E-state index in [-0.39, 0.29) is 22.8 Å². The zero-order valence-corrected chi connectivity index (χ0v) is 21.0. The Kier molecular flexibility index (Phi) is 6.68. The molecule has 2 fully saturated rings. The van der Waals surface area contributed by atoms with Crippen LogP contribution in [0.3, 0.4) is 0 Å². The topological polar surface area (TPSA) is 96.4 Å². The minimum Gasteiger partial charge on any atom is -0.335 e. The normalized spacial score (nSPS) is 22.8. The lowest BCUT2D eigenvalue weighted by molar-refractivity contribution is -0.135. The van der Waals surface area contributed by atoms with Gasteiger partial charge in [0.2, 0.25) is 15.9 Å². The molecule has 2 unspecified atom stereocenters. The summed E-state index contributed by atoms with van der Waals surface area (Å²) < 4.78 is 29.6. The monoisotopic (exact) mass is 503 g/mol. The van der Waals surface area contributed by atoms with Crippen molar-refractivity contribution in [3.8, 4) is 11.4 Å². The molecular formula is C27H29N5O3S. The standard InChI is InChI=1S/C27H29N5O3S/c1-19(2)23-18-31(17-21-7-3-4-14-28-21)27(33)25-9-5-8-24(23)32(25)36(34,35)22-12-10-20(11-13-22)26-29-15-6-16-30-26/h3-4,6-7,10-16,23-25H,1,5,8-9,17-18H2,2H3/t23-,24?,25?/m1/s1. The van der Waals surface area contributed by atoms with Crippen LogP contribution >= 0.6 is 0 Å². The van der Waals surface area contributed by atoms with Crippen molar-refractivity contribution in [2.45, 2.75) is 49.7 Å². The van der Waals surface area contributed by atoms with E-state index in [0.717, 1.165) is 23.3 Å². The van der Waals surface area contributed by atoms with E-state index in [2.05, 4.69) is 21.5 Å². The summed E-state index contributed by atoms with van der Waals surface area (Å²) in [6, 6.07) is 12.8. The lowest BCUT2D eigenvalue weighted by atomic mass is 9.86. The number of fused-ring (bicyclic) bond motifs is 2. The van der Waals surface area contributed by atoms with Crippen molar-refractivity contribution in [3.63, 3.8) is 0 Å². The summed E-state index contributed by atoms with van der Waals surface area (Å²) in [5, 5.41) is 0. The maximum Gasteiger partial charge on any atom is 0.244 e. The molecule has 0 N–H and O–H groups in total. The van der Waals surface area contributed by atoms with Crippen LogP contribution in [0.25, 0.3) is 11.4 Å². The third-order valence-corrected chi connectivity index (χ3v) is 9.00. The molecule has 36 heavy (non-hydrogen) atoms. The van der Waals surface area contributed by atoms with Crippen molar-refractivity contribution in [3.05, 3.63) is 85.0 Å². The van der Waals surface area contributed by atoms with Gasteiger partial charge in [0.15, 0.2) is 5.82 Å². The molecule has 0 radical (unpaired) electrons. The van der Waals surface area contributed by atoms with E-state index >= 15 is 0 Å². The first-order chi connectivity index (χ1) is 17.4. The predicted molar refractivity (Wildman–Crippen MR) is 136 cm³/mol. The number of rotatable bonds is 6. The first-order valence-electron chi connectivity index (χ1n) is 12.1. The van der Waals surface area contributed by atoms with E-state index in [1.807, 2.05) is 25.1 Å². The molecule has 3 aromatic rings. The number of carbonyl (C=O) groups is 1. The summed E-state index contributed by atoms with van der Waals surface area (Å²) in [5.74, 6) is 0.178. The first kappa shape index (κ1) is 24.3. The molecule has 0 saturated carbocycles. The fourth-order valence-corrected chi connectivity index (χ4v) is 7.15. The summed E-state index contributed by atoms with van der Waals surface area (Å²) in [5.41, 5.74) is 2.37. The van der Waals surface area contributed by atoms with Crippen molar-refractivity contribution in [1.82, 2.24) is 24.2 Å². The quantitative estimate of drug-likeness (QED) is 0.476. The lowest BCUT2D eigenvalue weighted by Gasteiger charge is -2.41. The Morgan fingerprint density at radius 3 is 2.39 bits per heavy atom. The summed E-state index contributed by atoms with van der Waals surface area (Å²) in [7, 11) is -3.95. The van der Waals surface area contributed by atoms with Gasteiger partial charge < -0.3 is 4.90 Å². The fourth-order valence-electron chi connectivity index (χ4n) is 5.28. The highest BCUT2D eigenvalue weighted by atomic mass is 32.2. The van der Waals surface area contributed by atoms with Gasteiger partial charge in [-0.3, -0.25) is 9.78 Å². The van der Waals surface area contributed by atoms with Crippen LogP contribution in [-0.4, -0.2) is 57.1 Å². The van der Waals surface area contributed by atoms with Gasteiger partial charge in [0, 0.05) is 42.7 Å². The lowest BCUT2D eigenvalue weighted by Crippen LogP contribution is -2.54. The second kappa shape index (κ2) is 9.91. The SMILES string of the molecule is C=C(C)[C@H]1CN(Cc2ccccn2)C(=O)C2CCCC1N2S(=O)(=O)c1ccc(-c2ncccn2)cc1. The van der Waals surface area contributed by atoms with Crippen LogP contribution in [0.2, 0.25) is 0 Å². The molecule has 4 heterocycles. The van der Waals surface area contributed by atoms with E-state index < -0.39 is 16.1 Å². The maximum absolute atomic E-state index is 14.1. The van der Waals surface area contributed by atoms with E-state index in [1.54, 1.807) is 53.8 Å². The van der Waals surface area contributed by atoms with Crippen LogP contribution in [0, 0.1) is 5.92 Å². The second-order valence-corrected chi connectivity index (χ2v) is 11.3. The van der Waals surface area contributed by atoms with Gasteiger partial charge in [-0.25, -0.2) is 18.4 Å². The van der Waals surface area contributed by atoms with E-state index in [9.17, 15) is 13.2 Å². The molecule has 2 aromatic heterocycles. The molecule has 2 saturated heterocycles. The van der Waals surface area contributed by atoms with Crippen LogP contribution < -0.4 is 0 Å². The Morgan fingerprint density at radius 2 is 1.72 bits per heavy atom. The minimum atomic E-state index is -3.95. The third kappa shape index (κ3) is 4.56. The number of amides is 1. The van der Waals surface area contributed by atoms with Crippen molar-refractivity contribution in [2.75, 3.05) is 6.54 Å². The van der Waals surface area contributed by atoms with E-state index in [1.165, 1.54) is 4.31 Å². The predicted octanol–water partition coefficient (Wildman–Crippen LogP) is 3.69. The molecule has 2 aliphatic rings. The first-order valence-corrected chi connectivity index (χ1v) is 13.6. The summed E-state index contributed by atoms with van der Waals surface area (Å²) in [4.78, 5) is 28.6. The number of carbonyl (C=O) groups excluding carboxylic acids is 1. The number of nitrogens with zero attached hydrogens (tertiary/aromatic N) is 5. The molecule has 0 spiro atoms. The van der Waals surface area contributed by atoms with Gasteiger partial charge >= 0.3 is 0 Å². The summed E-state index contributed by atoms with van der Waals surface area (Å²) in [6.45, 7) is 6.86. The van der Waals surface area contributed by atoms with Crippen molar-refractivity contribution < 1.29 is 13.2 Å². The summed E-state index contributed by atoms with van der Waals surface area (Å²) in [6.07, 6.45) is 6.96. The minimum absolute atomic E-state index is 0.158. The number of sulfonamides is 1. The van der Waals surface area contributed by atoms with Gasteiger partial charge in [0.25, 0.3) is 0 Å². The van der Waals surface area contributed by atoms with Crippen LogP contribution in [0.1, 0.15) is 31.9 Å². The zero-order valence-electron chi connectivity index (χ0n) is 20.2. The Labute approximate surface area is 211 Å². The number of piperidine rings is 1. The van der Waals surface area contributed by atoms with Gasteiger partial charge in [-0.15, -0.1) is 0 Å². The molecular weight excluding hydrogens is 474 g/mol. The second-order valence-electron chi connectivity index (χ2n) is 9.44. The van der Waals surface area contributed by atoms with Crippen molar-refractivity contribution >= 4 is 15.9 Å². The van der Waals surface area contributed by atoms with E-state index in [4.69, 9.17) is 0 Å². The van der Waals surface area contributed by atoms with Crippen molar-refractivity contribution in [2.24, 2.45) is 5.92 Å².